The number of hydrogen-bond acceptors (Lipinski definition) is 9. The van der Waals surface area contributed by atoms with Crippen LogP contribution in [0, 0.1) is 6.92 Å². The van der Waals surface area contributed by atoms with Gasteiger partial charge in [0.1, 0.15) is 0 Å². The van der Waals surface area contributed by atoms with Crippen molar-refractivity contribution >= 4 is 51.6 Å². The van der Waals surface area contributed by atoms with E-state index in [-0.39, 0.29) is 11.7 Å². The molecule has 1 unspecified atom stereocenters. The van der Waals surface area contributed by atoms with E-state index < -0.39 is 0 Å². The maximum atomic E-state index is 12.6. The fourth-order valence-electron chi connectivity index (χ4n) is 3.14. The molecule has 35 heavy (non-hydrogen) atoms. The SMILES string of the molecule is CCC(C)Sc1nnc(NC(=O)CSc2nnc(CNc3ccccc3C)n2-c2ccccc2)s1. The lowest BCUT2D eigenvalue weighted by Crippen LogP contribution is -2.14. The molecule has 0 bridgehead atoms. The average Bonchev–Trinajstić information content (AvgIpc) is 3.49. The van der Waals surface area contributed by atoms with Gasteiger partial charge in [-0.15, -0.1) is 20.4 Å². The lowest BCUT2D eigenvalue weighted by atomic mass is 10.2. The van der Waals surface area contributed by atoms with Gasteiger partial charge in [-0.05, 0) is 37.1 Å². The van der Waals surface area contributed by atoms with E-state index in [0.29, 0.717) is 22.1 Å². The van der Waals surface area contributed by atoms with Gasteiger partial charge in [0.2, 0.25) is 11.0 Å². The van der Waals surface area contributed by atoms with Crippen molar-refractivity contribution in [3.05, 3.63) is 66.0 Å². The van der Waals surface area contributed by atoms with Gasteiger partial charge in [-0.3, -0.25) is 14.7 Å². The van der Waals surface area contributed by atoms with E-state index in [1.54, 1.807) is 11.8 Å². The van der Waals surface area contributed by atoms with Gasteiger partial charge >= 0.3 is 0 Å². The van der Waals surface area contributed by atoms with E-state index in [4.69, 9.17) is 0 Å². The van der Waals surface area contributed by atoms with Crippen LogP contribution in [-0.2, 0) is 11.3 Å². The Morgan fingerprint density at radius 2 is 1.83 bits per heavy atom. The molecule has 0 aliphatic rings. The molecule has 8 nitrogen and oxygen atoms in total. The average molecular weight is 526 g/mol. The Hall–Kier alpha value is -2.89. The van der Waals surface area contributed by atoms with Gasteiger partial charge in [-0.1, -0.05) is 85.1 Å². The summed E-state index contributed by atoms with van der Waals surface area (Å²) >= 11 is 4.40. The molecule has 0 saturated heterocycles. The van der Waals surface area contributed by atoms with Crippen LogP contribution in [-0.4, -0.2) is 41.9 Å². The number of amides is 1. The van der Waals surface area contributed by atoms with Crippen molar-refractivity contribution in [2.75, 3.05) is 16.4 Å². The van der Waals surface area contributed by atoms with Gasteiger partial charge in [0.05, 0.1) is 12.3 Å². The number of benzene rings is 2. The quantitative estimate of drug-likeness (QED) is 0.191. The normalized spacial score (nSPS) is 11.9. The third kappa shape index (κ3) is 6.83. The van der Waals surface area contributed by atoms with Crippen molar-refractivity contribution < 1.29 is 4.79 Å². The zero-order valence-electron chi connectivity index (χ0n) is 19.8. The van der Waals surface area contributed by atoms with Gasteiger partial charge in [0.25, 0.3) is 0 Å². The Kier molecular flexibility index (Phi) is 8.78. The number of aromatic nitrogens is 5. The largest absolute Gasteiger partial charge is 0.378 e. The first-order valence-electron chi connectivity index (χ1n) is 11.3. The maximum absolute atomic E-state index is 12.6. The molecule has 4 rings (SSSR count). The lowest BCUT2D eigenvalue weighted by molar-refractivity contribution is -0.113. The van der Waals surface area contributed by atoms with Crippen LogP contribution in [0.1, 0.15) is 31.7 Å². The summed E-state index contributed by atoms with van der Waals surface area (Å²) in [4.78, 5) is 12.6. The van der Waals surface area contributed by atoms with Crippen molar-refractivity contribution in [2.24, 2.45) is 0 Å². The van der Waals surface area contributed by atoms with Crippen LogP contribution in [0.25, 0.3) is 5.69 Å². The molecular formula is C24H27N7OS3. The van der Waals surface area contributed by atoms with Crippen LogP contribution in [0.15, 0.2) is 64.1 Å². The minimum Gasteiger partial charge on any atom is -0.378 e. The van der Waals surface area contributed by atoms with Crippen LogP contribution < -0.4 is 10.6 Å². The molecule has 182 valence electrons. The molecule has 0 aliphatic carbocycles. The minimum atomic E-state index is -0.159. The molecule has 2 aromatic carbocycles. The second-order valence-electron chi connectivity index (χ2n) is 7.78. The van der Waals surface area contributed by atoms with Gasteiger partial charge < -0.3 is 5.32 Å². The van der Waals surface area contributed by atoms with Gasteiger partial charge in [-0.2, -0.15) is 0 Å². The summed E-state index contributed by atoms with van der Waals surface area (Å²) in [5, 5.41) is 25.0. The van der Waals surface area contributed by atoms with Gasteiger partial charge in [0, 0.05) is 16.6 Å². The fraction of sp³-hybridized carbons (Fsp3) is 0.292. The highest BCUT2D eigenvalue weighted by Crippen LogP contribution is 2.30. The lowest BCUT2D eigenvalue weighted by Gasteiger charge is -2.12. The number of nitrogens with zero attached hydrogens (tertiary/aromatic N) is 5. The number of hydrogen-bond donors (Lipinski definition) is 2. The Balaban J connectivity index is 1.43. The third-order valence-electron chi connectivity index (χ3n) is 5.16. The summed E-state index contributed by atoms with van der Waals surface area (Å²) in [6.45, 7) is 6.85. The van der Waals surface area contributed by atoms with E-state index in [9.17, 15) is 4.79 Å². The molecule has 0 radical (unpaired) electrons. The Morgan fingerprint density at radius 3 is 2.60 bits per heavy atom. The predicted octanol–water partition coefficient (Wildman–Crippen LogP) is 5.66. The number of carbonyl (C=O) groups is 1. The first-order chi connectivity index (χ1) is 17.0. The number of nitrogens with one attached hydrogen (secondary N) is 2. The number of carbonyl (C=O) groups excluding carboxylic acids is 1. The summed E-state index contributed by atoms with van der Waals surface area (Å²) in [6.07, 6.45) is 1.05. The second-order valence-corrected chi connectivity index (χ2v) is 11.4. The summed E-state index contributed by atoms with van der Waals surface area (Å²) in [5.74, 6) is 0.787. The van der Waals surface area contributed by atoms with Gasteiger partial charge in [0.15, 0.2) is 15.3 Å². The molecule has 11 heteroatoms. The van der Waals surface area contributed by atoms with Crippen molar-refractivity contribution in [3.63, 3.8) is 0 Å². The molecule has 4 aromatic rings. The molecular weight excluding hydrogens is 499 g/mol. The molecule has 0 spiro atoms. The number of anilines is 2. The highest BCUT2D eigenvalue weighted by Gasteiger charge is 2.17. The van der Waals surface area contributed by atoms with Gasteiger partial charge in [-0.25, -0.2) is 0 Å². The first kappa shape index (κ1) is 25.2. The van der Waals surface area contributed by atoms with E-state index in [1.165, 1.54) is 23.1 Å². The molecule has 2 heterocycles. The van der Waals surface area contributed by atoms with E-state index in [1.807, 2.05) is 53.1 Å². The topological polar surface area (TPSA) is 97.6 Å². The molecule has 0 aliphatic heterocycles. The Bertz CT molecular complexity index is 1260. The van der Waals surface area contributed by atoms with E-state index in [2.05, 4.69) is 57.9 Å². The van der Waals surface area contributed by atoms with Crippen LogP contribution >= 0.6 is 34.9 Å². The summed E-state index contributed by atoms with van der Waals surface area (Å²) in [7, 11) is 0. The van der Waals surface area contributed by atoms with Crippen molar-refractivity contribution in [3.8, 4) is 5.69 Å². The maximum Gasteiger partial charge on any atom is 0.236 e. The fourth-order valence-corrected chi connectivity index (χ4v) is 5.92. The van der Waals surface area contributed by atoms with Crippen LogP contribution in [0.5, 0.6) is 0 Å². The van der Waals surface area contributed by atoms with Crippen LogP contribution in [0.4, 0.5) is 10.8 Å². The molecule has 1 amide bonds. The van der Waals surface area contributed by atoms with Crippen molar-refractivity contribution in [1.82, 2.24) is 25.0 Å². The summed E-state index contributed by atoms with van der Waals surface area (Å²) < 4.78 is 2.84. The van der Waals surface area contributed by atoms with E-state index >= 15 is 0 Å². The number of aryl methyl sites for hydroxylation is 1. The standard InChI is InChI=1S/C24H27N7OS3/c1-4-17(3)34-24-30-28-22(35-24)26-21(32)15-33-23-29-27-20(31(23)18-11-6-5-7-12-18)14-25-19-13-9-8-10-16(19)2/h5-13,17,25H,4,14-15H2,1-3H3,(H,26,28,32). The smallest absolute Gasteiger partial charge is 0.236 e. The third-order valence-corrected chi connectivity index (χ3v) is 8.28. The molecule has 2 N–H and O–H groups in total. The van der Waals surface area contributed by atoms with E-state index in [0.717, 1.165) is 33.5 Å². The molecule has 1 atom stereocenters. The highest BCUT2D eigenvalue weighted by molar-refractivity contribution is 8.01. The predicted molar refractivity (Wildman–Crippen MR) is 145 cm³/mol. The Morgan fingerprint density at radius 1 is 1.06 bits per heavy atom. The molecule has 0 saturated carbocycles. The number of rotatable bonds is 11. The van der Waals surface area contributed by atoms with Crippen molar-refractivity contribution in [1.29, 1.82) is 0 Å². The molecule has 2 aromatic heterocycles. The minimum absolute atomic E-state index is 0.159. The second kappa shape index (κ2) is 12.2. The first-order valence-corrected chi connectivity index (χ1v) is 13.9. The number of thioether (sulfide) groups is 2. The zero-order valence-corrected chi connectivity index (χ0v) is 22.2. The summed E-state index contributed by atoms with van der Waals surface area (Å²) in [5.41, 5.74) is 3.15. The van der Waals surface area contributed by atoms with Crippen LogP contribution in [0.2, 0.25) is 0 Å². The van der Waals surface area contributed by atoms with Crippen LogP contribution in [0.3, 0.4) is 0 Å². The summed E-state index contributed by atoms with van der Waals surface area (Å²) in [6, 6.07) is 18.0. The Labute approximate surface area is 217 Å². The highest BCUT2D eigenvalue weighted by atomic mass is 32.2. The number of para-hydroxylation sites is 2. The zero-order chi connectivity index (χ0) is 24.6. The molecule has 0 fully saturated rings. The monoisotopic (exact) mass is 525 g/mol. The van der Waals surface area contributed by atoms with Crippen molar-refractivity contribution in [2.45, 2.75) is 48.5 Å².